The van der Waals surface area contributed by atoms with Gasteiger partial charge in [-0.1, -0.05) is 24.3 Å². The molecular weight excluding hydrogens is 338 g/mol. The van der Waals surface area contributed by atoms with E-state index in [1.54, 1.807) is 31.2 Å². The van der Waals surface area contributed by atoms with E-state index in [2.05, 4.69) is 21.2 Å². The van der Waals surface area contributed by atoms with Gasteiger partial charge in [-0.3, -0.25) is 9.59 Å². The molecule has 3 rings (SSSR count). The van der Waals surface area contributed by atoms with Gasteiger partial charge in [-0.25, -0.2) is 0 Å². The van der Waals surface area contributed by atoms with Gasteiger partial charge in [-0.15, -0.1) is 0 Å². The van der Waals surface area contributed by atoms with Crippen molar-refractivity contribution in [3.63, 3.8) is 0 Å². The predicted molar refractivity (Wildman–Crippen MR) is 79.8 cm³/mol. The van der Waals surface area contributed by atoms with Crippen LogP contribution < -0.4 is 5.32 Å². The molecule has 0 spiro atoms. The van der Waals surface area contributed by atoms with E-state index in [0.717, 1.165) is 4.47 Å². The summed E-state index contributed by atoms with van der Waals surface area (Å²) in [6.07, 6.45) is 2.96. The normalized spacial score (nSPS) is 33.1. The van der Waals surface area contributed by atoms with Crippen LogP contribution in [0.2, 0.25) is 0 Å². The summed E-state index contributed by atoms with van der Waals surface area (Å²) in [5.74, 6) is -2.97. The van der Waals surface area contributed by atoms with Crippen molar-refractivity contribution in [3.05, 3.63) is 40.9 Å². The van der Waals surface area contributed by atoms with E-state index in [4.69, 9.17) is 4.74 Å². The van der Waals surface area contributed by atoms with Crippen molar-refractivity contribution in [1.29, 1.82) is 0 Å². The molecule has 0 radical (unpaired) electrons. The highest BCUT2D eigenvalue weighted by Crippen LogP contribution is 2.47. The van der Waals surface area contributed by atoms with Crippen molar-refractivity contribution in [1.82, 2.24) is 0 Å². The van der Waals surface area contributed by atoms with Crippen LogP contribution in [-0.4, -0.2) is 28.7 Å². The van der Waals surface area contributed by atoms with Crippen molar-refractivity contribution >= 4 is 33.5 Å². The largest absolute Gasteiger partial charge is 0.481 e. The molecule has 1 saturated heterocycles. The molecular formula is C15H14BrNO4. The third-order valence-corrected chi connectivity index (χ3v) is 4.73. The van der Waals surface area contributed by atoms with Gasteiger partial charge < -0.3 is 15.2 Å². The first-order valence-electron chi connectivity index (χ1n) is 6.58. The molecule has 1 aromatic carbocycles. The van der Waals surface area contributed by atoms with Gasteiger partial charge in [-0.05, 0) is 35.0 Å². The summed E-state index contributed by atoms with van der Waals surface area (Å²) in [5, 5.41) is 12.2. The zero-order valence-corrected chi connectivity index (χ0v) is 12.8. The lowest BCUT2D eigenvalue weighted by Gasteiger charge is -2.28. The second-order valence-corrected chi connectivity index (χ2v) is 6.29. The lowest BCUT2D eigenvalue weighted by molar-refractivity contribution is -0.146. The molecule has 5 nitrogen and oxygen atoms in total. The van der Waals surface area contributed by atoms with Crippen LogP contribution in [0.15, 0.2) is 40.9 Å². The van der Waals surface area contributed by atoms with Crippen molar-refractivity contribution in [3.8, 4) is 0 Å². The molecule has 2 N–H and O–H groups in total. The van der Waals surface area contributed by atoms with Gasteiger partial charge in [0.1, 0.15) is 5.92 Å². The number of hydrogen-bond donors (Lipinski definition) is 2. The molecule has 21 heavy (non-hydrogen) atoms. The number of fused-ring (bicyclic) bond motifs is 2. The average Bonchev–Trinajstić information content (AvgIpc) is 2.94. The summed E-state index contributed by atoms with van der Waals surface area (Å²) in [6.45, 7) is 1.75. The van der Waals surface area contributed by atoms with Crippen LogP contribution in [-0.2, 0) is 14.3 Å². The minimum atomic E-state index is -1.01. The first-order chi connectivity index (χ1) is 9.92. The van der Waals surface area contributed by atoms with Gasteiger partial charge >= 0.3 is 5.97 Å². The molecule has 0 unspecified atom stereocenters. The van der Waals surface area contributed by atoms with E-state index in [-0.39, 0.29) is 5.91 Å². The quantitative estimate of drug-likeness (QED) is 0.820. The molecule has 110 valence electrons. The smallest absolute Gasteiger partial charge is 0.310 e. The summed E-state index contributed by atoms with van der Waals surface area (Å²) >= 11 is 3.36. The minimum absolute atomic E-state index is 0.344. The number of amides is 1. The maximum absolute atomic E-state index is 12.6. The van der Waals surface area contributed by atoms with Crippen LogP contribution in [0.5, 0.6) is 0 Å². The number of rotatable bonds is 3. The number of carbonyl (C=O) groups is 2. The lowest BCUT2D eigenvalue weighted by Crippen LogP contribution is -2.44. The molecule has 4 atom stereocenters. The number of halogens is 1. The number of nitrogens with one attached hydrogen (secondary N) is 1. The van der Waals surface area contributed by atoms with Crippen LogP contribution in [0.3, 0.4) is 0 Å². The molecule has 2 aliphatic heterocycles. The Morgan fingerprint density at radius 2 is 2.10 bits per heavy atom. The number of carboxylic acid groups (broad SMARTS) is 1. The van der Waals surface area contributed by atoms with Gasteiger partial charge in [0.15, 0.2) is 0 Å². The number of anilines is 1. The fourth-order valence-electron chi connectivity index (χ4n) is 3.05. The van der Waals surface area contributed by atoms with E-state index < -0.39 is 29.5 Å². The zero-order valence-electron chi connectivity index (χ0n) is 11.2. The highest BCUT2D eigenvalue weighted by atomic mass is 79.9. The summed E-state index contributed by atoms with van der Waals surface area (Å²) in [7, 11) is 0. The van der Waals surface area contributed by atoms with E-state index >= 15 is 0 Å². The minimum Gasteiger partial charge on any atom is -0.481 e. The third-order valence-electron chi connectivity index (χ3n) is 4.04. The zero-order chi connectivity index (χ0) is 15.2. The Bertz CT molecular complexity index is 644. The summed E-state index contributed by atoms with van der Waals surface area (Å²) in [5.41, 5.74) is -0.249. The first kappa shape index (κ1) is 14.3. The second kappa shape index (κ2) is 4.96. The maximum Gasteiger partial charge on any atom is 0.310 e. The molecule has 1 aromatic rings. The van der Waals surface area contributed by atoms with Crippen molar-refractivity contribution in [2.45, 2.75) is 18.6 Å². The molecule has 1 fully saturated rings. The standard InChI is InChI=1S/C15H14BrNO4/c1-15-7-6-10(21-15)11(14(19)20)12(15)13(18)17-9-5-3-2-4-8(9)16/h2-7,10-12H,1H3,(H,17,18)(H,19,20)/t10-,11+,12+,15+/m1/s1. The molecule has 2 aliphatic rings. The number of benzene rings is 1. The Balaban J connectivity index is 1.88. The molecule has 1 amide bonds. The number of aliphatic carboxylic acids is 1. The lowest BCUT2D eigenvalue weighted by atomic mass is 9.75. The van der Waals surface area contributed by atoms with Crippen LogP contribution >= 0.6 is 15.9 Å². The van der Waals surface area contributed by atoms with E-state index in [1.165, 1.54) is 0 Å². The van der Waals surface area contributed by atoms with Gasteiger partial charge in [-0.2, -0.15) is 0 Å². The Kier molecular flexibility index (Phi) is 3.37. The Labute approximate surface area is 130 Å². The molecule has 0 aliphatic carbocycles. The van der Waals surface area contributed by atoms with E-state index in [9.17, 15) is 14.7 Å². The fourth-order valence-corrected chi connectivity index (χ4v) is 3.44. The van der Waals surface area contributed by atoms with Gasteiger partial charge in [0, 0.05) is 4.47 Å². The number of hydrogen-bond acceptors (Lipinski definition) is 3. The number of ether oxygens (including phenoxy) is 1. The van der Waals surface area contributed by atoms with E-state index in [1.807, 2.05) is 12.1 Å². The SMILES string of the molecule is C[C@@]12C=C[C@@H](O1)[C@H](C(=O)O)[C@H]2C(=O)Nc1ccccc1Br. The Morgan fingerprint density at radius 1 is 1.38 bits per heavy atom. The molecule has 0 aromatic heterocycles. The fraction of sp³-hybridized carbons (Fsp3) is 0.333. The van der Waals surface area contributed by atoms with Crippen LogP contribution in [0.25, 0.3) is 0 Å². The summed E-state index contributed by atoms with van der Waals surface area (Å²) in [6, 6.07) is 7.20. The van der Waals surface area contributed by atoms with Gasteiger partial charge in [0.25, 0.3) is 0 Å². The predicted octanol–water partition coefficient (Wildman–Crippen LogP) is 2.43. The van der Waals surface area contributed by atoms with Crippen molar-refractivity contribution < 1.29 is 19.4 Å². The number of carbonyl (C=O) groups excluding carboxylic acids is 1. The highest BCUT2D eigenvalue weighted by Gasteiger charge is 2.59. The Morgan fingerprint density at radius 3 is 2.76 bits per heavy atom. The van der Waals surface area contributed by atoms with Crippen molar-refractivity contribution in [2.75, 3.05) is 5.32 Å². The van der Waals surface area contributed by atoms with Crippen LogP contribution in [0, 0.1) is 11.8 Å². The molecule has 6 heteroatoms. The van der Waals surface area contributed by atoms with Crippen LogP contribution in [0.4, 0.5) is 5.69 Å². The Hall–Kier alpha value is -1.66. The molecule has 2 bridgehead atoms. The van der Waals surface area contributed by atoms with Crippen molar-refractivity contribution in [2.24, 2.45) is 11.8 Å². The average molecular weight is 352 g/mol. The van der Waals surface area contributed by atoms with E-state index in [0.29, 0.717) is 5.69 Å². The number of para-hydroxylation sites is 1. The third kappa shape index (κ3) is 2.28. The monoisotopic (exact) mass is 351 g/mol. The maximum atomic E-state index is 12.6. The van der Waals surface area contributed by atoms with Crippen LogP contribution in [0.1, 0.15) is 6.92 Å². The first-order valence-corrected chi connectivity index (χ1v) is 7.37. The van der Waals surface area contributed by atoms with Gasteiger partial charge in [0.05, 0.1) is 23.3 Å². The number of carboxylic acids is 1. The van der Waals surface area contributed by atoms with Gasteiger partial charge in [0.2, 0.25) is 5.91 Å². The highest BCUT2D eigenvalue weighted by molar-refractivity contribution is 9.10. The summed E-state index contributed by atoms with van der Waals surface area (Å²) < 4.78 is 6.42. The molecule has 0 saturated carbocycles. The molecule has 2 heterocycles. The topological polar surface area (TPSA) is 75.6 Å². The summed E-state index contributed by atoms with van der Waals surface area (Å²) in [4.78, 5) is 24.0. The second-order valence-electron chi connectivity index (χ2n) is 5.44.